The Bertz CT molecular complexity index is 344. The second kappa shape index (κ2) is 4.79. The first-order valence-corrected chi connectivity index (χ1v) is 6.90. The van der Waals surface area contributed by atoms with Crippen LogP contribution in [-0.2, 0) is 0 Å². The van der Waals surface area contributed by atoms with Crippen molar-refractivity contribution in [3.63, 3.8) is 0 Å². The Balaban J connectivity index is 2.01. The fourth-order valence-electron chi connectivity index (χ4n) is 2.01. The van der Waals surface area contributed by atoms with E-state index >= 15 is 0 Å². The maximum atomic E-state index is 5.63. The van der Waals surface area contributed by atoms with E-state index in [1.54, 1.807) is 0 Å². The lowest BCUT2D eigenvalue weighted by molar-refractivity contribution is 0.242. The highest BCUT2D eigenvalue weighted by molar-refractivity contribution is 9.09. The van der Waals surface area contributed by atoms with Crippen molar-refractivity contribution in [3.8, 4) is 5.75 Å². The summed E-state index contributed by atoms with van der Waals surface area (Å²) in [6, 6.07) is 8.47. The van der Waals surface area contributed by atoms with Gasteiger partial charge in [0.25, 0.3) is 0 Å². The van der Waals surface area contributed by atoms with Crippen LogP contribution >= 0.6 is 15.9 Å². The Kier molecular flexibility index (Phi) is 3.58. The Hall–Kier alpha value is -0.500. The summed E-state index contributed by atoms with van der Waals surface area (Å²) in [6.07, 6.45) is 1.59. The summed E-state index contributed by atoms with van der Waals surface area (Å²) < 4.78 is 5.63. The number of benzene rings is 1. The van der Waals surface area contributed by atoms with E-state index in [4.69, 9.17) is 4.74 Å². The lowest BCUT2D eigenvalue weighted by atomic mass is 10.1. The average Bonchev–Trinajstić information content (AvgIpc) is 2.95. The number of rotatable bonds is 4. The summed E-state index contributed by atoms with van der Waals surface area (Å²) in [5.74, 6) is 2.65. The number of halogens is 1. The first-order valence-electron chi connectivity index (χ1n) is 5.98. The Morgan fingerprint density at radius 1 is 1.25 bits per heavy atom. The molecule has 1 aliphatic rings. The SMILES string of the molecule is CC(C)Oc1ccc(C(Br)C2CC2C)cc1. The first kappa shape index (κ1) is 12.0. The number of alkyl halides is 1. The summed E-state index contributed by atoms with van der Waals surface area (Å²) in [5.41, 5.74) is 1.37. The highest BCUT2D eigenvalue weighted by Crippen LogP contribution is 2.51. The molecule has 1 nitrogen and oxygen atoms in total. The molecule has 1 fully saturated rings. The van der Waals surface area contributed by atoms with Gasteiger partial charge in [-0.15, -0.1) is 0 Å². The van der Waals surface area contributed by atoms with Crippen molar-refractivity contribution in [1.82, 2.24) is 0 Å². The van der Waals surface area contributed by atoms with Crippen molar-refractivity contribution < 1.29 is 4.74 Å². The molecule has 3 atom stereocenters. The van der Waals surface area contributed by atoms with E-state index in [0.717, 1.165) is 17.6 Å². The van der Waals surface area contributed by atoms with Gasteiger partial charge in [-0.25, -0.2) is 0 Å². The van der Waals surface area contributed by atoms with Crippen LogP contribution in [0.25, 0.3) is 0 Å². The summed E-state index contributed by atoms with van der Waals surface area (Å²) in [5, 5.41) is 0. The second-order valence-electron chi connectivity index (χ2n) is 5.01. The molecule has 0 bridgehead atoms. The molecule has 0 heterocycles. The van der Waals surface area contributed by atoms with Gasteiger partial charge in [-0.2, -0.15) is 0 Å². The molecule has 1 saturated carbocycles. The summed E-state index contributed by atoms with van der Waals surface area (Å²) >= 11 is 3.79. The molecule has 0 amide bonds. The van der Waals surface area contributed by atoms with Crippen molar-refractivity contribution in [3.05, 3.63) is 29.8 Å². The van der Waals surface area contributed by atoms with Gasteiger partial charge < -0.3 is 4.74 Å². The van der Waals surface area contributed by atoms with E-state index in [9.17, 15) is 0 Å². The minimum atomic E-state index is 0.245. The van der Waals surface area contributed by atoms with Crippen molar-refractivity contribution >= 4 is 15.9 Å². The van der Waals surface area contributed by atoms with Gasteiger partial charge in [-0.05, 0) is 49.8 Å². The fraction of sp³-hybridized carbons (Fsp3) is 0.571. The monoisotopic (exact) mass is 282 g/mol. The van der Waals surface area contributed by atoms with Gasteiger partial charge >= 0.3 is 0 Å². The van der Waals surface area contributed by atoms with Gasteiger partial charge in [0.15, 0.2) is 0 Å². The number of hydrogen-bond acceptors (Lipinski definition) is 1. The van der Waals surface area contributed by atoms with Gasteiger partial charge in [0.1, 0.15) is 5.75 Å². The maximum Gasteiger partial charge on any atom is 0.119 e. The molecule has 16 heavy (non-hydrogen) atoms. The third-order valence-corrected chi connectivity index (χ3v) is 4.33. The van der Waals surface area contributed by atoms with Crippen LogP contribution < -0.4 is 4.74 Å². The second-order valence-corrected chi connectivity index (χ2v) is 6.00. The van der Waals surface area contributed by atoms with E-state index in [1.807, 2.05) is 13.8 Å². The highest BCUT2D eigenvalue weighted by Gasteiger charge is 2.38. The van der Waals surface area contributed by atoms with Crippen LogP contribution in [0.1, 0.15) is 37.6 Å². The third kappa shape index (κ3) is 2.79. The van der Waals surface area contributed by atoms with Gasteiger partial charge in [-0.3, -0.25) is 0 Å². The number of ether oxygens (including phenoxy) is 1. The van der Waals surface area contributed by atoms with Crippen LogP contribution in [0, 0.1) is 11.8 Å². The average molecular weight is 283 g/mol. The molecule has 0 saturated heterocycles. The fourth-order valence-corrected chi connectivity index (χ4v) is 3.05. The van der Waals surface area contributed by atoms with Crippen LogP contribution in [0.4, 0.5) is 0 Å². The van der Waals surface area contributed by atoms with Gasteiger partial charge in [0, 0.05) is 4.83 Å². The highest BCUT2D eigenvalue weighted by atomic mass is 79.9. The van der Waals surface area contributed by atoms with E-state index in [-0.39, 0.29) is 6.10 Å². The molecular weight excluding hydrogens is 264 g/mol. The molecule has 2 heteroatoms. The Morgan fingerprint density at radius 2 is 1.81 bits per heavy atom. The molecule has 0 N–H and O–H groups in total. The normalized spacial score (nSPS) is 25.6. The lowest BCUT2D eigenvalue weighted by Crippen LogP contribution is -2.05. The zero-order valence-corrected chi connectivity index (χ0v) is 11.7. The Morgan fingerprint density at radius 3 is 2.25 bits per heavy atom. The van der Waals surface area contributed by atoms with Crippen LogP contribution in [0.3, 0.4) is 0 Å². The van der Waals surface area contributed by atoms with Crippen molar-refractivity contribution in [2.75, 3.05) is 0 Å². The van der Waals surface area contributed by atoms with Crippen LogP contribution in [0.2, 0.25) is 0 Å². The van der Waals surface area contributed by atoms with E-state index in [0.29, 0.717) is 4.83 Å². The number of hydrogen-bond donors (Lipinski definition) is 0. The molecule has 0 aliphatic heterocycles. The molecule has 0 radical (unpaired) electrons. The van der Waals surface area contributed by atoms with E-state index in [1.165, 1.54) is 12.0 Å². The van der Waals surface area contributed by atoms with Gasteiger partial charge in [-0.1, -0.05) is 35.0 Å². The van der Waals surface area contributed by atoms with Crippen molar-refractivity contribution in [2.45, 2.75) is 38.1 Å². The molecule has 0 spiro atoms. The van der Waals surface area contributed by atoms with Crippen LogP contribution in [-0.4, -0.2) is 6.10 Å². The maximum absolute atomic E-state index is 5.63. The standard InChI is InChI=1S/C14H19BrO/c1-9(2)16-12-6-4-11(5-7-12)14(15)13-8-10(13)3/h4-7,9-10,13-14H,8H2,1-3H3. The summed E-state index contributed by atoms with van der Waals surface area (Å²) in [4.78, 5) is 0.510. The van der Waals surface area contributed by atoms with E-state index < -0.39 is 0 Å². The molecule has 1 aliphatic carbocycles. The molecule has 2 rings (SSSR count). The quantitative estimate of drug-likeness (QED) is 0.736. The predicted octanol–water partition coefficient (Wildman–Crippen LogP) is 4.57. The molecule has 1 aromatic rings. The predicted molar refractivity (Wildman–Crippen MR) is 71.1 cm³/mol. The van der Waals surface area contributed by atoms with Crippen molar-refractivity contribution in [1.29, 1.82) is 0 Å². The topological polar surface area (TPSA) is 9.23 Å². The van der Waals surface area contributed by atoms with Crippen LogP contribution in [0.15, 0.2) is 24.3 Å². The Labute approximate surface area is 106 Å². The zero-order chi connectivity index (χ0) is 11.7. The molecule has 1 aromatic carbocycles. The minimum Gasteiger partial charge on any atom is -0.491 e. The molecule has 0 aromatic heterocycles. The van der Waals surface area contributed by atoms with Gasteiger partial charge in [0.2, 0.25) is 0 Å². The van der Waals surface area contributed by atoms with Gasteiger partial charge in [0.05, 0.1) is 6.10 Å². The largest absolute Gasteiger partial charge is 0.491 e. The summed E-state index contributed by atoms with van der Waals surface area (Å²) in [7, 11) is 0. The third-order valence-electron chi connectivity index (χ3n) is 3.12. The molecular formula is C14H19BrO. The minimum absolute atomic E-state index is 0.245. The smallest absolute Gasteiger partial charge is 0.119 e. The lowest BCUT2D eigenvalue weighted by Gasteiger charge is -2.12. The van der Waals surface area contributed by atoms with E-state index in [2.05, 4.69) is 47.1 Å². The summed E-state index contributed by atoms with van der Waals surface area (Å²) in [6.45, 7) is 6.41. The van der Waals surface area contributed by atoms with Crippen LogP contribution in [0.5, 0.6) is 5.75 Å². The molecule has 3 unspecified atom stereocenters. The molecule has 88 valence electrons. The zero-order valence-electron chi connectivity index (χ0n) is 10.1. The first-order chi connectivity index (χ1) is 7.58. The van der Waals surface area contributed by atoms with Crippen molar-refractivity contribution in [2.24, 2.45) is 11.8 Å².